The highest BCUT2D eigenvalue weighted by atomic mass is 31.1. The molecule has 1 nitrogen and oxygen atoms in total. The molecular formula is C8H17OP. The molecule has 0 saturated heterocycles. The Morgan fingerprint density at radius 1 is 1.40 bits per heavy atom. The molecule has 0 saturated carbocycles. The summed E-state index contributed by atoms with van der Waals surface area (Å²) in [5.41, 5.74) is 0. The third kappa shape index (κ3) is 8.13. The molecule has 2 heteroatoms. The number of rotatable bonds is 5. The molecule has 0 aromatic rings. The smallest absolute Gasteiger partial charge is 0.0454 e. The molecule has 0 spiro atoms. The van der Waals surface area contributed by atoms with Crippen LogP contribution in [-0.4, -0.2) is 11.6 Å². The Bertz CT molecular complexity index is 89.3. The van der Waals surface area contributed by atoms with E-state index in [2.05, 4.69) is 13.0 Å². The molecule has 0 aromatic carbocycles. The predicted molar refractivity (Wildman–Crippen MR) is 48.3 cm³/mol. The van der Waals surface area contributed by atoms with Crippen LogP contribution in [0.5, 0.6) is 0 Å². The van der Waals surface area contributed by atoms with Crippen LogP contribution in [-0.2, 0) is 0 Å². The molecular weight excluding hydrogens is 143 g/mol. The third-order valence-corrected chi connectivity index (χ3v) is 1.94. The molecule has 0 amide bonds. The normalized spacial score (nSPS) is 14.3. The zero-order chi connectivity index (χ0) is 7.82. The minimum atomic E-state index is -0.802. The number of hydrogen-bond donors (Lipinski definition) is 1. The molecule has 1 unspecified atom stereocenters. The second kappa shape index (κ2) is 7.24. The van der Waals surface area contributed by atoms with Gasteiger partial charge < -0.3 is 4.89 Å². The molecule has 0 aromatic heterocycles. The SMILES string of the molecule is CCCCC/C=C/P(C)O. The standard InChI is InChI=1S/C8H17OP/c1-3-4-5-6-7-8-10(2)9/h7-9H,3-6H2,1-2H3/b8-7+. The average Bonchev–Trinajstić information content (AvgIpc) is 1.87. The van der Waals surface area contributed by atoms with E-state index in [0.29, 0.717) is 0 Å². The van der Waals surface area contributed by atoms with Crippen LogP contribution in [0.1, 0.15) is 32.6 Å². The van der Waals surface area contributed by atoms with Crippen molar-refractivity contribution >= 4 is 8.15 Å². The lowest BCUT2D eigenvalue weighted by atomic mass is 10.2. The molecule has 0 heterocycles. The van der Waals surface area contributed by atoms with Crippen LogP contribution in [0.25, 0.3) is 0 Å². The molecule has 0 radical (unpaired) electrons. The lowest BCUT2D eigenvalue weighted by molar-refractivity contribution is 0.640. The van der Waals surface area contributed by atoms with Gasteiger partial charge in [-0.05, 0) is 25.3 Å². The third-order valence-electron chi connectivity index (χ3n) is 1.30. The van der Waals surface area contributed by atoms with Gasteiger partial charge in [-0.3, -0.25) is 0 Å². The Morgan fingerprint density at radius 2 is 2.10 bits per heavy atom. The molecule has 1 atom stereocenters. The van der Waals surface area contributed by atoms with E-state index in [1.807, 2.05) is 12.5 Å². The zero-order valence-electron chi connectivity index (χ0n) is 6.88. The van der Waals surface area contributed by atoms with Crippen LogP contribution >= 0.6 is 8.15 Å². The minimum absolute atomic E-state index is 0.802. The largest absolute Gasteiger partial charge is 0.370 e. The van der Waals surface area contributed by atoms with E-state index in [1.54, 1.807) is 0 Å². The van der Waals surface area contributed by atoms with Crippen molar-refractivity contribution in [1.82, 2.24) is 0 Å². The van der Waals surface area contributed by atoms with Crippen molar-refractivity contribution in [3.8, 4) is 0 Å². The highest BCUT2D eigenvalue weighted by Gasteiger charge is 1.84. The fraction of sp³-hybridized carbons (Fsp3) is 0.750. The summed E-state index contributed by atoms with van der Waals surface area (Å²) in [5.74, 6) is 1.91. The second-order valence-electron chi connectivity index (χ2n) is 2.45. The molecule has 0 aliphatic carbocycles. The van der Waals surface area contributed by atoms with Gasteiger partial charge in [-0.2, -0.15) is 0 Å². The fourth-order valence-corrected chi connectivity index (χ4v) is 1.19. The molecule has 1 N–H and O–H groups in total. The molecule has 0 fully saturated rings. The van der Waals surface area contributed by atoms with Gasteiger partial charge in [-0.25, -0.2) is 0 Å². The first-order valence-electron chi connectivity index (χ1n) is 3.85. The summed E-state index contributed by atoms with van der Waals surface area (Å²) in [6.45, 7) is 4.04. The quantitative estimate of drug-likeness (QED) is 0.484. The lowest BCUT2D eigenvalue weighted by Gasteiger charge is -1.93. The minimum Gasteiger partial charge on any atom is -0.370 e. The van der Waals surface area contributed by atoms with Gasteiger partial charge in [0.15, 0.2) is 0 Å². The van der Waals surface area contributed by atoms with Crippen molar-refractivity contribution in [2.45, 2.75) is 32.6 Å². The zero-order valence-corrected chi connectivity index (χ0v) is 7.77. The molecule has 0 aliphatic rings. The summed E-state index contributed by atoms with van der Waals surface area (Å²) in [5, 5.41) is 0. The molecule has 0 rings (SSSR count). The van der Waals surface area contributed by atoms with E-state index in [1.165, 1.54) is 19.3 Å². The topological polar surface area (TPSA) is 20.2 Å². The van der Waals surface area contributed by atoms with Crippen LogP contribution in [0, 0.1) is 0 Å². The van der Waals surface area contributed by atoms with Crippen LogP contribution in [0.3, 0.4) is 0 Å². The van der Waals surface area contributed by atoms with E-state index < -0.39 is 8.15 Å². The van der Waals surface area contributed by atoms with E-state index in [-0.39, 0.29) is 0 Å². The average molecular weight is 160 g/mol. The van der Waals surface area contributed by atoms with Crippen molar-refractivity contribution in [3.63, 3.8) is 0 Å². The van der Waals surface area contributed by atoms with Gasteiger partial charge in [0.1, 0.15) is 0 Å². The first kappa shape index (κ1) is 10.1. The maximum absolute atomic E-state index is 8.89. The summed E-state index contributed by atoms with van der Waals surface area (Å²) < 4.78 is 0. The fourth-order valence-electron chi connectivity index (χ4n) is 0.739. The summed E-state index contributed by atoms with van der Waals surface area (Å²) in [6, 6.07) is 0. The maximum Gasteiger partial charge on any atom is 0.0454 e. The van der Waals surface area contributed by atoms with E-state index in [9.17, 15) is 0 Å². The van der Waals surface area contributed by atoms with Gasteiger partial charge in [0.2, 0.25) is 0 Å². The van der Waals surface area contributed by atoms with Gasteiger partial charge in [-0.1, -0.05) is 25.8 Å². The predicted octanol–water partition coefficient (Wildman–Crippen LogP) is 3.10. The van der Waals surface area contributed by atoms with Crippen molar-refractivity contribution in [2.75, 3.05) is 6.66 Å². The number of hydrogen-bond acceptors (Lipinski definition) is 1. The summed E-state index contributed by atoms with van der Waals surface area (Å²) >= 11 is 0. The first-order chi connectivity index (χ1) is 4.77. The molecule has 0 bridgehead atoms. The van der Waals surface area contributed by atoms with Crippen LogP contribution in [0.2, 0.25) is 0 Å². The number of allylic oxidation sites excluding steroid dienone is 1. The van der Waals surface area contributed by atoms with Gasteiger partial charge in [-0.15, -0.1) is 0 Å². The Balaban J connectivity index is 3.02. The van der Waals surface area contributed by atoms with Gasteiger partial charge in [0.05, 0.1) is 0 Å². The van der Waals surface area contributed by atoms with Gasteiger partial charge in [0, 0.05) is 8.15 Å². The number of unbranched alkanes of at least 4 members (excludes halogenated alkanes) is 3. The highest BCUT2D eigenvalue weighted by molar-refractivity contribution is 7.54. The monoisotopic (exact) mass is 160 g/mol. The van der Waals surface area contributed by atoms with E-state index in [4.69, 9.17) is 4.89 Å². The van der Waals surface area contributed by atoms with Crippen LogP contribution in [0.15, 0.2) is 11.9 Å². The Labute approximate surface area is 65.0 Å². The van der Waals surface area contributed by atoms with Gasteiger partial charge >= 0.3 is 0 Å². The lowest BCUT2D eigenvalue weighted by Crippen LogP contribution is -1.70. The second-order valence-corrected chi connectivity index (χ2v) is 3.90. The maximum atomic E-state index is 8.89. The van der Waals surface area contributed by atoms with Crippen molar-refractivity contribution in [1.29, 1.82) is 0 Å². The van der Waals surface area contributed by atoms with Crippen molar-refractivity contribution in [3.05, 3.63) is 11.9 Å². The Morgan fingerprint density at radius 3 is 2.60 bits per heavy atom. The van der Waals surface area contributed by atoms with Crippen molar-refractivity contribution in [2.24, 2.45) is 0 Å². The summed E-state index contributed by atoms with van der Waals surface area (Å²) in [6.07, 6.45) is 7.05. The van der Waals surface area contributed by atoms with E-state index >= 15 is 0 Å². The van der Waals surface area contributed by atoms with Crippen LogP contribution < -0.4 is 0 Å². The molecule has 60 valence electrons. The van der Waals surface area contributed by atoms with Crippen molar-refractivity contribution < 1.29 is 4.89 Å². The molecule has 10 heavy (non-hydrogen) atoms. The van der Waals surface area contributed by atoms with Crippen LogP contribution in [0.4, 0.5) is 0 Å². The first-order valence-corrected chi connectivity index (χ1v) is 5.66. The molecule has 0 aliphatic heterocycles. The highest BCUT2D eigenvalue weighted by Crippen LogP contribution is 2.25. The van der Waals surface area contributed by atoms with E-state index in [0.717, 1.165) is 6.42 Å². The summed E-state index contributed by atoms with van der Waals surface area (Å²) in [4.78, 5) is 8.89. The summed E-state index contributed by atoms with van der Waals surface area (Å²) in [7, 11) is -0.802. The Kier molecular flexibility index (Phi) is 7.33. The Hall–Kier alpha value is 0.130. The van der Waals surface area contributed by atoms with Gasteiger partial charge in [0.25, 0.3) is 0 Å².